The lowest BCUT2D eigenvalue weighted by Crippen LogP contribution is -2.28. The molecule has 0 aliphatic carbocycles. The maximum absolute atomic E-state index is 11.9. The van der Waals surface area contributed by atoms with Crippen molar-refractivity contribution in [3.05, 3.63) is 0 Å². The van der Waals surface area contributed by atoms with Crippen LogP contribution in [0.15, 0.2) is 0 Å². The van der Waals surface area contributed by atoms with E-state index >= 15 is 0 Å². The van der Waals surface area contributed by atoms with E-state index in [1.165, 1.54) is 0 Å². The van der Waals surface area contributed by atoms with Crippen LogP contribution in [-0.4, -0.2) is 46.2 Å². The predicted octanol–water partition coefficient (Wildman–Crippen LogP) is 2.85. The molecule has 1 unspecified atom stereocenters. The molecule has 0 aliphatic heterocycles. The lowest BCUT2D eigenvalue weighted by molar-refractivity contribution is -0.174. The summed E-state index contributed by atoms with van der Waals surface area (Å²) in [5, 5.41) is 3.25. The van der Waals surface area contributed by atoms with Crippen LogP contribution < -0.4 is 5.32 Å². The number of hydrogen-bond acceptors (Lipinski definition) is 3. The van der Waals surface area contributed by atoms with E-state index in [1.54, 1.807) is 7.11 Å². The van der Waals surface area contributed by atoms with Gasteiger partial charge in [-0.1, -0.05) is 13.8 Å². The summed E-state index contributed by atoms with van der Waals surface area (Å²) in [6, 6.07) is 0. The zero-order valence-corrected chi connectivity index (χ0v) is 12.1. The summed E-state index contributed by atoms with van der Waals surface area (Å²) in [5.41, 5.74) is 0. The number of hydrogen-bond donors (Lipinski definition) is 1. The van der Waals surface area contributed by atoms with E-state index in [4.69, 9.17) is 4.74 Å². The van der Waals surface area contributed by atoms with Crippen molar-refractivity contribution in [1.29, 1.82) is 0 Å². The van der Waals surface area contributed by atoms with Gasteiger partial charge in [0.25, 0.3) is 0 Å². The molecule has 0 saturated heterocycles. The summed E-state index contributed by atoms with van der Waals surface area (Å²) in [7, 11) is 1.64. The lowest BCUT2D eigenvalue weighted by atomic mass is 9.94. The second-order valence-electron chi connectivity index (χ2n) is 5.15. The Morgan fingerprint density at radius 3 is 2.37 bits per heavy atom. The molecule has 19 heavy (non-hydrogen) atoms. The molecule has 116 valence electrons. The molecule has 1 N–H and O–H groups in total. The summed E-state index contributed by atoms with van der Waals surface area (Å²) in [4.78, 5) is 0. The Hall–Kier alpha value is -0.330. The fraction of sp³-hybridized carbons (Fsp3) is 1.00. The Morgan fingerprint density at radius 1 is 1.16 bits per heavy atom. The maximum atomic E-state index is 11.9. The minimum atomic E-state index is -4.23. The van der Waals surface area contributed by atoms with Crippen molar-refractivity contribution >= 4 is 0 Å². The molecule has 0 fully saturated rings. The average molecular weight is 285 g/mol. The zero-order chi connectivity index (χ0) is 14.7. The fourth-order valence-corrected chi connectivity index (χ4v) is 1.89. The van der Waals surface area contributed by atoms with Crippen LogP contribution in [0.3, 0.4) is 0 Å². The predicted molar refractivity (Wildman–Crippen MR) is 69.2 cm³/mol. The van der Waals surface area contributed by atoms with Gasteiger partial charge in [0.1, 0.15) is 6.61 Å². The monoisotopic (exact) mass is 285 g/mol. The van der Waals surface area contributed by atoms with E-state index in [0.29, 0.717) is 24.9 Å². The van der Waals surface area contributed by atoms with Crippen molar-refractivity contribution in [2.75, 3.05) is 40.0 Å². The summed E-state index contributed by atoms with van der Waals surface area (Å²) in [6.07, 6.45) is -2.60. The van der Waals surface area contributed by atoms with Gasteiger partial charge in [-0.05, 0) is 31.2 Å². The van der Waals surface area contributed by atoms with Crippen LogP contribution in [0.4, 0.5) is 13.2 Å². The molecule has 0 radical (unpaired) electrons. The van der Waals surface area contributed by atoms with Crippen molar-refractivity contribution in [2.24, 2.45) is 11.8 Å². The van der Waals surface area contributed by atoms with E-state index in [9.17, 15) is 13.2 Å². The number of methoxy groups -OCH3 is 1. The van der Waals surface area contributed by atoms with Gasteiger partial charge in [-0.25, -0.2) is 0 Å². The molecule has 0 spiro atoms. The van der Waals surface area contributed by atoms with E-state index in [1.807, 2.05) is 0 Å². The Labute approximate surface area is 113 Å². The first-order chi connectivity index (χ1) is 8.85. The highest BCUT2D eigenvalue weighted by Gasteiger charge is 2.27. The van der Waals surface area contributed by atoms with Crippen molar-refractivity contribution in [1.82, 2.24) is 5.32 Å². The third kappa shape index (κ3) is 13.9. The molecular weight excluding hydrogens is 259 g/mol. The van der Waals surface area contributed by atoms with Gasteiger partial charge in [0.05, 0.1) is 6.61 Å². The summed E-state index contributed by atoms with van der Waals surface area (Å²) in [6.45, 7) is 5.41. The van der Waals surface area contributed by atoms with Crippen molar-refractivity contribution in [3.8, 4) is 0 Å². The van der Waals surface area contributed by atoms with Crippen LogP contribution in [0.25, 0.3) is 0 Å². The molecular formula is C13H26F3NO2. The molecule has 0 aliphatic rings. The van der Waals surface area contributed by atoms with Crippen molar-refractivity contribution < 1.29 is 22.6 Å². The Morgan fingerprint density at radius 2 is 1.84 bits per heavy atom. The summed E-state index contributed by atoms with van der Waals surface area (Å²) >= 11 is 0. The number of ether oxygens (including phenoxy) is 2. The van der Waals surface area contributed by atoms with Gasteiger partial charge in [-0.2, -0.15) is 13.2 Å². The molecule has 6 heteroatoms. The first kappa shape index (κ1) is 18.7. The maximum Gasteiger partial charge on any atom is 0.411 e. The van der Waals surface area contributed by atoms with Gasteiger partial charge in [0.15, 0.2) is 0 Å². The van der Waals surface area contributed by atoms with Crippen LogP contribution in [0, 0.1) is 11.8 Å². The molecule has 0 amide bonds. The highest BCUT2D eigenvalue weighted by molar-refractivity contribution is 4.65. The normalized spacial score (nSPS) is 14.1. The molecule has 1 atom stereocenters. The van der Waals surface area contributed by atoms with E-state index in [0.717, 1.165) is 19.5 Å². The third-order valence-corrected chi connectivity index (χ3v) is 2.66. The second-order valence-corrected chi connectivity index (χ2v) is 5.15. The van der Waals surface area contributed by atoms with Gasteiger partial charge < -0.3 is 14.8 Å². The van der Waals surface area contributed by atoms with Gasteiger partial charge in [-0.15, -0.1) is 0 Å². The van der Waals surface area contributed by atoms with Gasteiger partial charge in [0.2, 0.25) is 0 Å². The Kier molecular flexibility index (Phi) is 10.3. The van der Waals surface area contributed by atoms with Gasteiger partial charge in [-0.3, -0.25) is 0 Å². The average Bonchev–Trinajstić information content (AvgIpc) is 2.27. The van der Waals surface area contributed by atoms with Gasteiger partial charge in [0, 0.05) is 20.3 Å². The van der Waals surface area contributed by atoms with Crippen LogP contribution in [0.2, 0.25) is 0 Å². The molecule has 0 saturated carbocycles. The summed E-state index contributed by atoms with van der Waals surface area (Å²) < 4.78 is 45.4. The van der Waals surface area contributed by atoms with Crippen molar-refractivity contribution in [3.63, 3.8) is 0 Å². The molecule has 0 aromatic rings. The van der Waals surface area contributed by atoms with Crippen LogP contribution in [-0.2, 0) is 9.47 Å². The van der Waals surface area contributed by atoms with Gasteiger partial charge >= 0.3 is 6.18 Å². The quantitative estimate of drug-likeness (QED) is 0.592. The van der Waals surface area contributed by atoms with Crippen molar-refractivity contribution in [2.45, 2.75) is 32.9 Å². The largest absolute Gasteiger partial charge is 0.411 e. The Bertz CT molecular complexity index is 211. The lowest BCUT2D eigenvalue weighted by Gasteiger charge is -2.20. The third-order valence-electron chi connectivity index (χ3n) is 2.66. The minimum absolute atomic E-state index is 0.156. The van der Waals surface area contributed by atoms with Crippen LogP contribution in [0.5, 0.6) is 0 Å². The highest BCUT2D eigenvalue weighted by atomic mass is 19.4. The standard InChI is InChI=1S/C13H26F3NO2/c1-11(2)8-12(9-17-5-7-18-3)4-6-19-10-13(14,15)16/h11-12,17H,4-10H2,1-3H3. The first-order valence-electron chi connectivity index (χ1n) is 6.69. The molecule has 0 bridgehead atoms. The number of alkyl halides is 3. The topological polar surface area (TPSA) is 30.5 Å². The van der Waals surface area contributed by atoms with E-state index in [2.05, 4.69) is 23.9 Å². The molecule has 0 rings (SSSR count). The molecule has 3 nitrogen and oxygen atoms in total. The Balaban J connectivity index is 3.79. The zero-order valence-electron chi connectivity index (χ0n) is 12.1. The van der Waals surface area contributed by atoms with Crippen LogP contribution in [0.1, 0.15) is 26.7 Å². The molecule has 0 aromatic heterocycles. The first-order valence-corrected chi connectivity index (χ1v) is 6.69. The number of halogens is 3. The highest BCUT2D eigenvalue weighted by Crippen LogP contribution is 2.17. The smallest absolute Gasteiger partial charge is 0.383 e. The minimum Gasteiger partial charge on any atom is -0.383 e. The second kappa shape index (κ2) is 10.5. The SMILES string of the molecule is COCCNCC(CCOCC(F)(F)F)CC(C)C. The van der Waals surface area contributed by atoms with E-state index < -0.39 is 12.8 Å². The summed E-state index contributed by atoms with van der Waals surface area (Å²) in [5.74, 6) is 0.863. The molecule has 0 aromatic carbocycles. The number of rotatable bonds is 11. The fourth-order valence-electron chi connectivity index (χ4n) is 1.89. The number of nitrogens with one attached hydrogen (secondary N) is 1. The van der Waals surface area contributed by atoms with E-state index in [-0.39, 0.29) is 6.61 Å². The van der Waals surface area contributed by atoms with Crippen LogP contribution >= 0.6 is 0 Å². The molecule has 0 heterocycles.